The lowest BCUT2D eigenvalue weighted by Gasteiger charge is -2.44. The van der Waals surface area contributed by atoms with E-state index < -0.39 is 16.8 Å². The summed E-state index contributed by atoms with van der Waals surface area (Å²) >= 11 is 6.01. The molecule has 4 rings (SSSR count). The van der Waals surface area contributed by atoms with Crippen molar-refractivity contribution in [1.29, 1.82) is 5.26 Å². The quantitative estimate of drug-likeness (QED) is 0.614. The number of fused-ring (bicyclic) bond motifs is 1. The van der Waals surface area contributed by atoms with Gasteiger partial charge in [-0.1, -0.05) is 23.7 Å². The van der Waals surface area contributed by atoms with E-state index in [4.69, 9.17) is 11.6 Å². The normalized spacial score (nSPS) is 20.9. The van der Waals surface area contributed by atoms with Crippen molar-refractivity contribution < 1.29 is 18.0 Å². The monoisotopic (exact) mass is 490 g/mol. The molecule has 2 aromatic rings. The number of hydrogen-bond acceptors (Lipinski definition) is 4. The first kappa shape index (κ1) is 24.4. The predicted molar refractivity (Wildman–Crippen MR) is 126 cm³/mol. The zero-order valence-electron chi connectivity index (χ0n) is 19.3. The third-order valence-electron chi connectivity index (χ3n) is 6.94. The molecule has 0 spiro atoms. The Morgan fingerprint density at radius 3 is 2.47 bits per heavy atom. The summed E-state index contributed by atoms with van der Waals surface area (Å²) in [6.45, 7) is 6.19. The van der Waals surface area contributed by atoms with E-state index >= 15 is 0 Å². The number of carbonyl (C=O) groups is 1. The van der Waals surface area contributed by atoms with E-state index in [1.54, 1.807) is 4.90 Å². The first-order valence-electron chi connectivity index (χ1n) is 11.2. The summed E-state index contributed by atoms with van der Waals surface area (Å²) in [6.07, 6.45) is -4.24. The molecule has 2 heterocycles. The molecule has 2 aromatic carbocycles. The summed E-state index contributed by atoms with van der Waals surface area (Å²) < 4.78 is 39.7. The average molecular weight is 491 g/mol. The predicted octanol–water partition coefficient (Wildman–Crippen LogP) is 4.89. The molecule has 34 heavy (non-hydrogen) atoms. The van der Waals surface area contributed by atoms with E-state index in [0.29, 0.717) is 36.3 Å². The van der Waals surface area contributed by atoms with Crippen molar-refractivity contribution in [3.8, 4) is 6.07 Å². The molecule has 0 radical (unpaired) electrons. The molecule has 5 nitrogen and oxygen atoms in total. The van der Waals surface area contributed by atoms with Gasteiger partial charge in [-0.3, -0.25) is 9.69 Å². The van der Waals surface area contributed by atoms with Crippen LogP contribution >= 0.6 is 11.6 Å². The molecule has 1 saturated heterocycles. The van der Waals surface area contributed by atoms with Gasteiger partial charge in [0.25, 0.3) is 0 Å². The fraction of sp³-hybridized carbons (Fsp3) is 0.440. The van der Waals surface area contributed by atoms with Gasteiger partial charge in [0.2, 0.25) is 5.91 Å². The number of carbonyl (C=O) groups excluding carboxylic acids is 1. The average Bonchev–Trinajstić information content (AvgIpc) is 3.19. The molecule has 0 aliphatic carbocycles. The van der Waals surface area contributed by atoms with E-state index in [0.717, 1.165) is 30.4 Å². The molecule has 9 heteroatoms. The van der Waals surface area contributed by atoms with Crippen LogP contribution in [-0.4, -0.2) is 49.6 Å². The Morgan fingerprint density at radius 1 is 1.18 bits per heavy atom. The molecule has 0 N–H and O–H groups in total. The molecule has 1 fully saturated rings. The molecule has 2 aliphatic rings. The number of hydrogen-bond donors (Lipinski definition) is 0. The van der Waals surface area contributed by atoms with E-state index in [2.05, 4.69) is 36.8 Å². The highest BCUT2D eigenvalue weighted by Gasteiger charge is 2.35. The summed E-state index contributed by atoms with van der Waals surface area (Å²) in [7, 11) is 2.08. The van der Waals surface area contributed by atoms with E-state index in [-0.39, 0.29) is 17.9 Å². The van der Waals surface area contributed by atoms with Gasteiger partial charge in [-0.25, -0.2) is 0 Å². The van der Waals surface area contributed by atoms with E-state index in [1.807, 2.05) is 12.1 Å². The van der Waals surface area contributed by atoms with Crippen LogP contribution in [0.3, 0.4) is 0 Å². The van der Waals surface area contributed by atoms with Gasteiger partial charge in [-0.2, -0.15) is 18.4 Å². The molecule has 1 amide bonds. The van der Waals surface area contributed by atoms with Crippen molar-refractivity contribution >= 4 is 28.9 Å². The second-order valence-electron chi connectivity index (χ2n) is 9.13. The number of halogens is 4. The zero-order valence-corrected chi connectivity index (χ0v) is 20.0. The smallest absolute Gasteiger partial charge is 0.367 e. The number of anilines is 2. The summed E-state index contributed by atoms with van der Waals surface area (Å²) in [5.41, 5.74) is 2.15. The van der Waals surface area contributed by atoms with Gasteiger partial charge < -0.3 is 9.80 Å². The highest BCUT2D eigenvalue weighted by molar-refractivity contribution is 6.32. The van der Waals surface area contributed by atoms with Crippen LogP contribution < -0.4 is 9.80 Å². The SMILES string of the molecule is C[C@@H]1CN(c2cc3c(cc2C#N)CCN3C(=O)Cc2cccc(C(F)(F)F)c2Cl)C[C@H](C)N1C. The van der Waals surface area contributed by atoms with E-state index in [1.165, 1.54) is 12.1 Å². The number of rotatable bonds is 3. The maximum atomic E-state index is 13.2. The summed E-state index contributed by atoms with van der Waals surface area (Å²) in [6, 6.07) is 10.2. The minimum Gasteiger partial charge on any atom is -0.367 e. The Hall–Kier alpha value is -2.76. The van der Waals surface area contributed by atoms with Crippen LogP contribution in [-0.2, 0) is 23.8 Å². The highest BCUT2D eigenvalue weighted by Crippen LogP contribution is 2.38. The fourth-order valence-corrected chi connectivity index (χ4v) is 5.13. The lowest BCUT2D eigenvalue weighted by atomic mass is 10.0. The third kappa shape index (κ3) is 4.47. The van der Waals surface area contributed by atoms with Crippen LogP contribution in [0.25, 0.3) is 0 Å². The van der Waals surface area contributed by atoms with Crippen molar-refractivity contribution in [2.24, 2.45) is 0 Å². The molecular weight excluding hydrogens is 465 g/mol. The minimum absolute atomic E-state index is 0.144. The second kappa shape index (κ2) is 9.12. The number of piperazine rings is 1. The molecule has 2 atom stereocenters. The van der Waals surface area contributed by atoms with Gasteiger partial charge in [0.15, 0.2) is 0 Å². The van der Waals surface area contributed by atoms with Gasteiger partial charge in [-0.15, -0.1) is 0 Å². The Morgan fingerprint density at radius 2 is 1.85 bits per heavy atom. The van der Waals surface area contributed by atoms with Crippen LogP contribution in [0, 0.1) is 11.3 Å². The van der Waals surface area contributed by atoms with Crippen LogP contribution in [0.2, 0.25) is 5.02 Å². The van der Waals surface area contributed by atoms with Gasteiger partial charge in [0, 0.05) is 37.4 Å². The number of nitriles is 1. The molecule has 0 saturated carbocycles. The standard InChI is InChI=1S/C25H26ClF3N4O/c1-15-13-32(14-16(2)31(15)3)21-11-22-17(9-19(21)12-30)7-8-33(22)23(34)10-18-5-4-6-20(24(18)26)25(27,28)29/h4-6,9,11,15-16H,7-8,10,13-14H2,1-3H3/t15-,16+. The Bertz CT molecular complexity index is 1150. The molecule has 0 aromatic heterocycles. The van der Waals surface area contributed by atoms with Crippen molar-refractivity contribution in [2.75, 3.05) is 36.5 Å². The van der Waals surface area contributed by atoms with Crippen molar-refractivity contribution in [3.05, 3.63) is 57.6 Å². The molecular formula is C25H26ClF3N4O. The molecule has 2 aliphatic heterocycles. The van der Waals surface area contributed by atoms with Crippen molar-refractivity contribution in [1.82, 2.24) is 4.90 Å². The second-order valence-corrected chi connectivity index (χ2v) is 9.50. The lowest BCUT2D eigenvalue weighted by Crippen LogP contribution is -2.55. The Labute approximate surface area is 202 Å². The Kier molecular flexibility index (Phi) is 6.54. The highest BCUT2D eigenvalue weighted by atomic mass is 35.5. The summed E-state index contributed by atoms with van der Waals surface area (Å²) in [5.74, 6) is -0.323. The third-order valence-corrected chi connectivity index (χ3v) is 7.39. The number of likely N-dealkylation sites (N-methyl/N-ethyl adjacent to an activating group) is 1. The molecule has 0 bridgehead atoms. The summed E-state index contributed by atoms with van der Waals surface area (Å²) in [5, 5.41) is 9.34. The number of amides is 1. The van der Waals surface area contributed by atoms with Crippen LogP contribution in [0.4, 0.5) is 24.5 Å². The number of benzene rings is 2. The van der Waals surface area contributed by atoms with Crippen LogP contribution in [0.1, 0.15) is 36.1 Å². The van der Waals surface area contributed by atoms with Crippen LogP contribution in [0.15, 0.2) is 30.3 Å². The van der Waals surface area contributed by atoms with Crippen molar-refractivity contribution in [3.63, 3.8) is 0 Å². The minimum atomic E-state index is -4.59. The zero-order chi connectivity index (χ0) is 24.8. The van der Waals surface area contributed by atoms with Crippen molar-refractivity contribution in [2.45, 2.75) is 44.9 Å². The first-order chi connectivity index (χ1) is 16.0. The van der Waals surface area contributed by atoms with Crippen LogP contribution in [0.5, 0.6) is 0 Å². The van der Waals surface area contributed by atoms with Gasteiger partial charge in [-0.05, 0) is 56.6 Å². The lowest BCUT2D eigenvalue weighted by molar-refractivity contribution is -0.137. The maximum absolute atomic E-state index is 13.2. The largest absolute Gasteiger partial charge is 0.417 e. The summed E-state index contributed by atoms with van der Waals surface area (Å²) in [4.78, 5) is 19.3. The topological polar surface area (TPSA) is 50.6 Å². The fourth-order valence-electron chi connectivity index (χ4n) is 4.83. The van der Waals surface area contributed by atoms with E-state index in [9.17, 15) is 23.2 Å². The van der Waals surface area contributed by atoms with Gasteiger partial charge in [0.1, 0.15) is 6.07 Å². The number of alkyl halides is 3. The number of nitrogens with zero attached hydrogens (tertiary/aromatic N) is 4. The Balaban J connectivity index is 1.63. The molecule has 180 valence electrons. The first-order valence-corrected chi connectivity index (χ1v) is 11.6. The molecule has 0 unspecified atom stereocenters. The maximum Gasteiger partial charge on any atom is 0.417 e. The van der Waals surface area contributed by atoms with Gasteiger partial charge in [0.05, 0.1) is 28.3 Å². The van der Waals surface area contributed by atoms with Gasteiger partial charge >= 0.3 is 6.18 Å².